The van der Waals surface area contributed by atoms with E-state index in [9.17, 15) is 4.79 Å². The molecule has 0 aliphatic heterocycles. The molecule has 0 amide bonds. The van der Waals surface area contributed by atoms with E-state index in [1.807, 2.05) is 72.8 Å². The maximum Gasteiger partial charge on any atom is 0.167 e. The lowest BCUT2D eigenvalue weighted by atomic mass is 10.0. The van der Waals surface area contributed by atoms with Crippen LogP contribution in [0.15, 0.2) is 84.9 Å². The fourth-order valence-electron chi connectivity index (χ4n) is 3.59. The third-order valence-corrected chi connectivity index (χ3v) is 5.37. The van der Waals surface area contributed by atoms with E-state index in [2.05, 4.69) is 25.6 Å². The zero-order chi connectivity index (χ0) is 22.5. The summed E-state index contributed by atoms with van der Waals surface area (Å²) in [5, 5.41) is 14.9. The number of nitrogens with zero attached hydrogens (tertiary/aromatic N) is 4. The average molecular weight is 435 g/mol. The van der Waals surface area contributed by atoms with E-state index in [4.69, 9.17) is 4.74 Å². The number of para-hydroxylation sites is 1. The number of ether oxygens (including phenoxy) is 1. The Bertz CT molecular complexity index is 1360. The molecule has 0 radical (unpaired) electrons. The summed E-state index contributed by atoms with van der Waals surface area (Å²) >= 11 is 0. The standard InChI is InChI=1S/C26H21N5O2/c32-25(15-18-5-7-19(8-6-18)16-26-28-30-31-29-26)21-10-13-23(14-11-21)33-17-22-12-9-20-3-1-2-4-24(20)27-22/h1-14H,15-17H2,(H,28,29,30,31). The van der Waals surface area contributed by atoms with E-state index in [0.29, 0.717) is 36.6 Å². The van der Waals surface area contributed by atoms with Gasteiger partial charge in [0.2, 0.25) is 0 Å². The smallest absolute Gasteiger partial charge is 0.167 e. The maximum absolute atomic E-state index is 12.7. The van der Waals surface area contributed by atoms with Crippen molar-refractivity contribution in [2.24, 2.45) is 0 Å². The number of carbonyl (C=O) groups is 1. The van der Waals surface area contributed by atoms with Crippen LogP contribution in [0, 0.1) is 0 Å². The number of aromatic amines is 1. The third kappa shape index (κ3) is 5.10. The van der Waals surface area contributed by atoms with Gasteiger partial charge < -0.3 is 4.74 Å². The molecule has 2 aromatic heterocycles. The Balaban J connectivity index is 1.16. The van der Waals surface area contributed by atoms with Crippen LogP contribution in [0.2, 0.25) is 0 Å². The van der Waals surface area contributed by atoms with E-state index in [1.54, 1.807) is 12.1 Å². The number of hydrogen-bond acceptors (Lipinski definition) is 6. The fraction of sp³-hybridized carbons (Fsp3) is 0.115. The Morgan fingerprint density at radius 1 is 0.848 bits per heavy atom. The molecular weight excluding hydrogens is 414 g/mol. The SMILES string of the molecule is O=C(Cc1ccc(Cc2nnn[nH]2)cc1)c1ccc(OCc2ccc3ccccc3n2)cc1. The van der Waals surface area contributed by atoms with Crippen molar-refractivity contribution in [1.82, 2.24) is 25.6 Å². The van der Waals surface area contributed by atoms with Crippen LogP contribution in [0.4, 0.5) is 0 Å². The molecule has 0 bridgehead atoms. The molecule has 162 valence electrons. The number of nitrogens with one attached hydrogen (secondary N) is 1. The highest BCUT2D eigenvalue weighted by Gasteiger charge is 2.09. The summed E-state index contributed by atoms with van der Waals surface area (Å²) in [5.41, 5.74) is 4.50. The molecule has 0 saturated carbocycles. The Morgan fingerprint density at radius 3 is 2.42 bits per heavy atom. The van der Waals surface area contributed by atoms with Crippen LogP contribution in [-0.4, -0.2) is 31.4 Å². The molecule has 3 aromatic carbocycles. The summed E-state index contributed by atoms with van der Waals surface area (Å²) in [6.07, 6.45) is 0.961. The van der Waals surface area contributed by atoms with Crippen LogP contribution >= 0.6 is 0 Å². The largest absolute Gasteiger partial charge is 0.487 e. The van der Waals surface area contributed by atoms with Crippen molar-refractivity contribution in [2.45, 2.75) is 19.4 Å². The zero-order valence-electron chi connectivity index (χ0n) is 17.8. The van der Waals surface area contributed by atoms with E-state index < -0.39 is 0 Å². The van der Waals surface area contributed by atoms with Crippen molar-refractivity contribution in [3.05, 3.63) is 113 Å². The first-order valence-electron chi connectivity index (χ1n) is 10.6. The lowest BCUT2D eigenvalue weighted by Crippen LogP contribution is -2.04. The molecule has 0 spiro atoms. The van der Waals surface area contributed by atoms with Crippen molar-refractivity contribution in [2.75, 3.05) is 0 Å². The highest BCUT2D eigenvalue weighted by molar-refractivity contribution is 5.97. The normalized spacial score (nSPS) is 10.9. The molecule has 0 aliphatic rings. The maximum atomic E-state index is 12.7. The summed E-state index contributed by atoms with van der Waals surface area (Å²) in [6.45, 7) is 0.370. The number of tetrazole rings is 1. The van der Waals surface area contributed by atoms with Crippen LogP contribution in [-0.2, 0) is 19.4 Å². The van der Waals surface area contributed by atoms with Gasteiger partial charge in [-0.3, -0.25) is 4.79 Å². The van der Waals surface area contributed by atoms with Crippen molar-refractivity contribution < 1.29 is 9.53 Å². The van der Waals surface area contributed by atoms with Gasteiger partial charge in [-0.15, -0.1) is 5.10 Å². The zero-order valence-corrected chi connectivity index (χ0v) is 17.8. The van der Waals surface area contributed by atoms with E-state index in [1.165, 1.54) is 0 Å². The number of carbonyl (C=O) groups excluding carboxylic acids is 1. The van der Waals surface area contributed by atoms with Crippen LogP contribution in [0.5, 0.6) is 5.75 Å². The minimum absolute atomic E-state index is 0.0601. The first-order valence-corrected chi connectivity index (χ1v) is 10.6. The molecule has 1 N–H and O–H groups in total. The molecule has 0 saturated heterocycles. The second kappa shape index (κ2) is 9.40. The second-order valence-electron chi connectivity index (χ2n) is 7.75. The molecular formula is C26H21N5O2. The molecule has 2 heterocycles. The van der Waals surface area contributed by atoms with Crippen molar-refractivity contribution >= 4 is 16.7 Å². The highest BCUT2D eigenvalue weighted by atomic mass is 16.5. The number of rotatable bonds is 8. The number of pyridine rings is 1. The fourth-order valence-corrected chi connectivity index (χ4v) is 3.59. The van der Waals surface area contributed by atoms with Gasteiger partial charge in [0.15, 0.2) is 11.6 Å². The van der Waals surface area contributed by atoms with Gasteiger partial charge in [0.1, 0.15) is 12.4 Å². The Kier molecular flexibility index (Phi) is 5.84. The van der Waals surface area contributed by atoms with Crippen molar-refractivity contribution in [3.63, 3.8) is 0 Å². The number of H-pyrrole nitrogens is 1. The summed E-state index contributed by atoms with van der Waals surface area (Å²) in [6, 6.07) is 27.2. The predicted octanol–water partition coefficient (Wildman–Crippen LogP) is 4.34. The number of aromatic nitrogens is 5. The van der Waals surface area contributed by atoms with Crippen molar-refractivity contribution in [1.29, 1.82) is 0 Å². The van der Waals surface area contributed by atoms with Gasteiger partial charge in [-0.05, 0) is 58.0 Å². The summed E-state index contributed by atoms with van der Waals surface area (Å²) < 4.78 is 5.86. The van der Waals surface area contributed by atoms with Crippen molar-refractivity contribution in [3.8, 4) is 5.75 Å². The van der Waals surface area contributed by atoms with Gasteiger partial charge in [-0.25, -0.2) is 10.1 Å². The first-order chi connectivity index (χ1) is 16.2. The minimum Gasteiger partial charge on any atom is -0.487 e. The Hall–Kier alpha value is -4.39. The van der Waals surface area contributed by atoms with E-state index in [-0.39, 0.29) is 5.78 Å². The summed E-state index contributed by atoms with van der Waals surface area (Å²) in [4.78, 5) is 17.3. The number of fused-ring (bicyclic) bond motifs is 1. The number of hydrogen-bond donors (Lipinski definition) is 1. The topological polar surface area (TPSA) is 93.7 Å². The van der Waals surface area contributed by atoms with E-state index >= 15 is 0 Å². The summed E-state index contributed by atoms with van der Waals surface area (Å²) in [7, 11) is 0. The monoisotopic (exact) mass is 435 g/mol. The van der Waals surface area contributed by atoms with Gasteiger partial charge in [0, 0.05) is 23.8 Å². The summed E-state index contributed by atoms with van der Waals surface area (Å²) in [5.74, 6) is 1.47. The molecule has 7 nitrogen and oxygen atoms in total. The van der Waals surface area contributed by atoms with Gasteiger partial charge in [-0.2, -0.15) is 0 Å². The Morgan fingerprint density at radius 2 is 1.64 bits per heavy atom. The lowest BCUT2D eigenvalue weighted by molar-refractivity contribution is 0.0993. The number of Topliss-reactive ketones (excluding diaryl/α,β-unsaturated/α-hetero) is 1. The highest BCUT2D eigenvalue weighted by Crippen LogP contribution is 2.18. The first kappa shape index (κ1) is 20.5. The number of benzene rings is 3. The quantitative estimate of drug-likeness (QED) is 0.364. The van der Waals surface area contributed by atoms with Gasteiger partial charge in [0.05, 0.1) is 11.2 Å². The van der Waals surface area contributed by atoms with E-state index in [0.717, 1.165) is 27.7 Å². The molecule has 5 aromatic rings. The van der Waals surface area contributed by atoms with Crippen LogP contribution < -0.4 is 4.74 Å². The third-order valence-electron chi connectivity index (χ3n) is 5.37. The van der Waals surface area contributed by atoms with Gasteiger partial charge in [0.25, 0.3) is 0 Å². The van der Waals surface area contributed by atoms with Crippen LogP contribution in [0.1, 0.15) is 33.0 Å². The molecule has 5 rings (SSSR count). The second-order valence-corrected chi connectivity index (χ2v) is 7.75. The minimum atomic E-state index is 0.0601. The molecule has 0 aliphatic carbocycles. The average Bonchev–Trinajstić information content (AvgIpc) is 3.37. The molecule has 0 atom stereocenters. The molecule has 0 unspecified atom stereocenters. The molecule has 0 fully saturated rings. The van der Waals surface area contributed by atoms with Gasteiger partial charge in [-0.1, -0.05) is 48.5 Å². The predicted molar refractivity (Wildman–Crippen MR) is 124 cm³/mol. The molecule has 33 heavy (non-hydrogen) atoms. The van der Waals surface area contributed by atoms with Crippen LogP contribution in [0.25, 0.3) is 10.9 Å². The lowest BCUT2D eigenvalue weighted by Gasteiger charge is -2.08. The van der Waals surface area contributed by atoms with Gasteiger partial charge >= 0.3 is 0 Å². The number of ketones is 1. The molecule has 7 heteroatoms. The Labute approximate surface area is 190 Å². The van der Waals surface area contributed by atoms with Crippen LogP contribution in [0.3, 0.4) is 0 Å².